The van der Waals surface area contributed by atoms with E-state index in [0.29, 0.717) is 5.41 Å². The first kappa shape index (κ1) is 16.8. The second-order valence-corrected chi connectivity index (χ2v) is 7.31. The molecule has 2 aliphatic rings. The van der Waals surface area contributed by atoms with Gasteiger partial charge in [-0.2, -0.15) is 0 Å². The molecule has 1 nitrogen and oxygen atoms in total. The average Bonchev–Trinajstić information content (AvgIpc) is 2.57. The molecule has 2 heteroatoms. The highest BCUT2D eigenvalue weighted by Crippen LogP contribution is 2.31. The third kappa shape index (κ3) is 5.34. The van der Waals surface area contributed by atoms with Crippen LogP contribution in [0, 0.1) is 5.41 Å². The van der Waals surface area contributed by atoms with Gasteiger partial charge < -0.3 is 0 Å². The summed E-state index contributed by atoms with van der Waals surface area (Å²) in [6.07, 6.45) is 11.1. The number of thioether (sulfide) groups is 1. The molecular weight excluding hydrogens is 288 g/mol. The van der Waals surface area contributed by atoms with Gasteiger partial charge in [0.1, 0.15) is 6.29 Å². The van der Waals surface area contributed by atoms with Gasteiger partial charge in [0, 0.05) is 0 Å². The Hall–Kier alpha value is -1.54. The maximum Gasteiger partial charge on any atom is 0.146 e. The van der Waals surface area contributed by atoms with E-state index in [1.165, 1.54) is 16.9 Å². The first-order valence-electron chi connectivity index (χ1n) is 7.81. The van der Waals surface area contributed by atoms with Gasteiger partial charge in [0.2, 0.25) is 0 Å². The van der Waals surface area contributed by atoms with Crippen LogP contribution in [0.25, 0.3) is 5.57 Å². The van der Waals surface area contributed by atoms with Gasteiger partial charge in [0.25, 0.3) is 0 Å². The number of benzene rings is 1. The zero-order chi connectivity index (χ0) is 15.8. The Morgan fingerprint density at radius 1 is 1.18 bits per heavy atom. The normalized spacial score (nSPS) is 19.4. The van der Waals surface area contributed by atoms with Gasteiger partial charge in [-0.1, -0.05) is 62.4 Å². The van der Waals surface area contributed by atoms with E-state index < -0.39 is 0 Å². The van der Waals surface area contributed by atoms with Crippen LogP contribution in [0.15, 0.2) is 59.5 Å². The summed E-state index contributed by atoms with van der Waals surface area (Å²) in [6, 6.07) is 10.6. The first-order chi connectivity index (χ1) is 10.6. The van der Waals surface area contributed by atoms with Gasteiger partial charge in [0.05, 0.1) is 0 Å². The molecular formula is C20H24OS. The predicted molar refractivity (Wildman–Crippen MR) is 97.8 cm³/mol. The maximum absolute atomic E-state index is 10.1. The molecule has 3 rings (SSSR count). The van der Waals surface area contributed by atoms with Crippen molar-refractivity contribution in [3.8, 4) is 0 Å². The van der Waals surface area contributed by atoms with Crippen molar-refractivity contribution in [2.24, 2.45) is 5.41 Å². The number of hydrogen-bond acceptors (Lipinski definition) is 2. The number of rotatable bonds is 2. The molecule has 1 aromatic carbocycles. The van der Waals surface area contributed by atoms with E-state index in [2.05, 4.69) is 62.4 Å². The highest BCUT2D eigenvalue weighted by atomic mass is 32.2. The molecule has 0 amide bonds. The van der Waals surface area contributed by atoms with Crippen molar-refractivity contribution < 1.29 is 4.79 Å². The summed E-state index contributed by atoms with van der Waals surface area (Å²) in [4.78, 5) is 10.1. The average molecular weight is 312 g/mol. The third-order valence-electron chi connectivity index (χ3n) is 3.78. The minimum absolute atomic E-state index is 0.332. The summed E-state index contributed by atoms with van der Waals surface area (Å²) >= 11 is 1.73. The van der Waals surface area contributed by atoms with Gasteiger partial charge >= 0.3 is 0 Å². The second-order valence-electron chi connectivity index (χ2n) is 6.34. The van der Waals surface area contributed by atoms with E-state index in [9.17, 15) is 4.79 Å². The predicted octanol–water partition coefficient (Wildman–Crippen LogP) is 5.65. The topological polar surface area (TPSA) is 17.1 Å². The Labute approximate surface area is 138 Å². The molecule has 0 N–H and O–H groups in total. The fourth-order valence-corrected chi connectivity index (χ4v) is 3.16. The summed E-state index contributed by atoms with van der Waals surface area (Å²) < 4.78 is 0. The van der Waals surface area contributed by atoms with E-state index in [1.807, 2.05) is 5.41 Å². The number of allylic oxidation sites excluding steroid dienone is 5. The van der Waals surface area contributed by atoms with Crippen LogP contribution in [0.4, 0.5) is 0 Å². The van der Waals surface area contributed by atoms with Gasteiger partial charge in [-0.15, -0.1) is 11.8 Å². The molecule has 0 spiro atoms. The highest BCUT2D eigenvalue weighted by Gasteiger charge is 2.16. The summed E-state index contributed by atoms with van der Waals surface area (Å²) in [6.45, 7) is 4.53. The summed E-state index contributed by atoms with van der Waals surface area (Å²) in [5.74, 6) is 1.18. The number of hydrogen-bond donors (Lipinski definition) is 0. The lowest BCUT2D eigenvalue weighted by Crippen LogP contribution is -2.08. The standard InChI is InChI=1S/C14H16.C6H8OS/c1-14(2)10-8-13(9-11-14)12-6-4-3-5-7-12;7-4-6-2-1-3-8-5-6/h3-10H,11H2,1-2H3;4-5H,1-3H2. The van der Waals surface area contributed by atoms with E-state index in [-0.39, 0.29) is 0 Å². The third-order valence-corrected chi connectivity index (χ3v) is 4.78. The molecule has 0 atom stereocenters. The fraction of sp³-hybridized carbons (Fsp3) is 0.350. The van der Waals surface area contributed by atoms with Crippen molar-refractivity contribution in [1.29, 1.82) is 0 Å². The molecule has 0 unspecified atom stereocenters. The largest absolute Gasteiger partial charge is 0.298 e. The number of aldehydes is 1. The quantitative estimate of drug-likeness (QED) is 0.656. The van der Waals surface area contributed by atoms with Crippen LogP contribution in [0.5, 0.6) is 0 Å². The van der Waals surface area contributed by atoms with Crippen molar-refractivity contribution in [1.82, 2.24) is 0 Å². The van der Waals surface area contributed by atoms with Crippen molar-refractivity contribution in [3.05, 3.63) is 65.1 Å². The van der Waals surface area contributed by atoms with Crippen LogP contribution in [0.2, 0.25) is 0 Å². The lowest BCUT2D eigenvalue weighted by molar-refractivity contribution is -0.105. The summed E-state index contributed by atoms with van der Waals surface area (Å²) in [7, 11) is 0. The molecule has 0 fully saturated rings. The zero-order valence-corrected chi connectivity index (χ0v) is 14.2. The Bertz CT molecular complexity index is 579. The smallest absolute Gasteiger partial charge is 0.146 e. The first-order valence-corrected chi connectivity index (χ1v) is 8.86. The summed E-state index contributed by atoms with van der Waals surface area (Å²) in [5, 5.41) is 1.95. The minimum Gasteiger partial charge on any atom is -0.298 e. The molecule has 0 radical (unpaired) electrons. The second kappa shape index (κ2) is 8.19. The maximum atomic E-state index is 10.1. The van der Waals surface area contributed by atoms with Crippen molar-refractivity contribution in [3.63, 3.8) is 0 Å². The van der Waals surface area contributed by atoms with Crippen LogP contribution < -0.4 is 0 Å². The molecule has 1 aromatic rings. The van der Waals surface area contributed by atoms with Gasteiger partial charge in [-0.05, 0) is 52.5 Å². The Balaban J connectivity index is 0.000000188. The minimum atomic E-state index is 0.332. The molecule has 0 saturated heterocycles. The molecule has 1 aliphatic heterocycles. The van der Waals surface area contributed by atoms with Crippen LogP contribution in [-0.4, -0.2) is 12.0 Å². The van der Waals surface area contributed by atoms with Crippen LogP contribution >= 0.6 is 11.8 Å². The van der Waals surface area contributed by atoms with E-state index in [4.69, 9.17) is 0 Å². The van der Waals surface area contributed by atoms with Crippen molar-refractivity contribution >= 4 is 23.6 Å². The van der Waals surface area contributed by atoms with Gasteiger partial charge in [0.15, 0.2) is 0 Å². The Morgan fingerprint density at radius 3 is 2.45 bits per heavy atom. The molecule has 1 aliphatic carbocycles. The molecule has 0 aromatic heterocycles. The molecule has 0 saturated carbocycles. The summed E-state index contributed by atoms with van der Waals surface area (Å²) in [5.41, 5.74) is 3.96. The molecule has 1 heterocycles. The Morgan fingerprint density at radius 2 is 1.95 bits per heavy atom. The highest BCUT2D eigenvalue weighted by molar-refractivity contribution is 8.02. The number of carbonyl (C=O) groups is 1. The van der Waals surface area contributed by atoms with Gasteiger partial charge in [-0.25, -0.2) is 0 Å². The van der Waals surface area contributed by atoms with Gasteiger partial charge in [-0.3, -0.25) is 4.79 Å². The van der Waals surface area contributed by atoms with E-state index in [1.54, 1.807) is 11.8 Å². The lowest BCUT2D eigenvalue weighted by Gasteiger charge is -2.22. The van der Waals surface area contributed by atoms with Crippen molar-refractivity contribution in [2.75, 3.05) is 5.75 Å². The van der Waals surface area contributed by atoms with Crippen LogP contribution in [0.3, 0.4) is 0 Å². The SMILES string of the molecule is CC1(C)C=CC(c2ccccc2)=CC1.O=CC1=CSCCC1. The van der Waals surface area contributed by atoms with E-state index >= 15 is 0 Å². The fourth-order valence-electron chi connectivity index (χ4n) is 2.34. The zero-order valence-electron chi connectivity index (χ0n) is 13.4. The molecule has 22 heavy (non-hydrogen) atoms. The van der Waals surface area contributed by atoms with E-state index in [0.717, 1.165) is 31.1 Å². The van der Waals surface area contributed by atoms with Crippen LogP contribution in [0.1, 0.15) is 38.7 Å². The Kier molecular flexibility index (Phi) is 6.26. The molecule has 0 bridgehead atoms. The lowest BCUT2D eigenvalue weighted by atomic mass is 9.83. The monoisotopic (exact) mass is 312 g/mol. The number of carbonyl (C=O) groups excluding carboxylic acids is 1. The van der Waals surface area contributed by atoms with Crippen LogP contribution in [-0.2, 0) is 4.79 Å². The van der Waals surface area contributed by atoms with Crippen molar-refractivity contribution in [2.45, 2.75) is 33.1 Å². The molecule has 116 valence electrons.